The van der Waals surface area contributed by atoms with Crippen molar-refractivity contribution < 1.29 is 19.1 Å². The molecule has 1 aromatic carbocycles. The van der Waals surface area contributed by atoms with Gasteiger partial charge in [-0.15, -0.1) is 0 Å². The summed E-state index contributed by atoms with van der Waals surface area (Å²) in [5.74, 6) is 1.52. The zero-order valence-electron chi connectivity index (χ0n) is 14.6. The molecule has 0 radical (unpaired) electrons. The van der Waals surface area contributed by atoms with Gasteiger partial charge in [0.05, 0.1) is 20.3 Å². The molecule has 1 aliphatic rings. The van der Waals surface area contributed by atoms with Crippen molar-refractivity contribution in [3.05, 3.63) is 18.2 Å². The lowest BCUT2D eigenvalue weighted by molar-refractivity contribution is -0.117. The van der Waals surface area contributed by atoms with E-state index in [0.29, 0.717) is 30.5 Å². The van der Waals surface area contributed by atoms with E-state index in [4.69, 9.17) is 9.47 Å². The van der Waals surface area contributed by atoms with E-state index in [0.717, 1.165) is 5.69 Å². The number of amides is 3. The second-order valence-electron chi connectivity index (χ2n) is 6.19. The van der Waals surface area contributed by atoms with Crippen molar-refractivity contribution >= 4 is 17.6 Å². The van der Waals surface area contributed by atoms with Gasteiger partial charge < -0.3 is 25.0 Å². The van der Waals surface area contributed by atoms with Crippen molar-refractivity contribution in [1.29, 1.82) is 0 Å². The monoisotopic (exact) mass is 335 g/mol. The topological polar surface area (TPSA) is 79.9 Å². The maximum Gasteiger partial charge on any atom is 0.315 e. The van der Waals surface area contributed by atoms with Crippen LogP contribution in [0.3, 0.4) is 0 Å². The van der Waals surface area contributed by atoms with Crippen LogP contribution in [0.1, 0.15) is 20.3 Å². The molecule has 2 N–H and O–H groups in total. The summed E-state index contributed by atoms with van der Waals surface area (Å²) in [5.41, 5.74) is 0.726. The van der Waals surface area contributed by atoms with Crippen molar-refractivity contribution in [2.24, 2.45) is 5.92 Å². The number of methoxy groups -OCH3 is 2. The number of nitrogens with one attached hydrogen (secondary N) is 2. The third-order valence-electron chi connectivity index (χ3n) is 3.81. The Balaban J connectivity index is 2.01. The summed E-state index contributed by atoms with van der Waals surface area (Å²) in [4.78, 5) is 25.8. The Morgan fingerprint density at radius 1 is 1.29 bits per heavy atom. The van der Waals surface area contributed by atoms with Crippen molar-refractivity contribution in [3.8, 4) is 11.5 Å². The van der Waals surface area contributed by atoms with Gasteiger partial charge in [-0.05, 0) is 18.1 Å². The van der Waals surface area contributed by atoms with Crippen LogP contribution in [0.5, 0.6) is 11.5 Å². The lowest BCUT2D eigenvalue weighted by Crippen LogP contribution is -2.44. The Kier molecular flexibility index (Phi) is 5.89. The number of hydrogen-bond acceptors (Lipinski definition) is 4. The molecule has 24 heavy (non-hydrogen) atoms. The van der Waals surface area contributed by atoms with Crippen molar-refractivity contribution in [3.63, 3.8) is 0 Å². The molecule has 1 saturated heterocycles. The fourth-order valence-electron chi connectivity index (χ4n) is 2.58. The van der Waals surface area contributed by atoms with Crippen molar-refractivity contribution in [1.82, 2.24) is 10.6 Å². The van der Waals surface area contributed by atoms with Crippen LogP contribution in [0.25, 0.3) is 0 Å². The van der Waals surface area contributed by atoms with Crippen LogP contribution in [0.2, 0.25) is 0 Å². The summed E-state index contributed by atoms with van der Waals surface area (Å²) in [6.07, 6.45) is 0.281. The molecule has 0 aromatic heterocycles. The molecule has 3 amide bonds. The molecule has 1 heterocycles. The largest absolute Gasteiger partial charge is 0.493 e. The minimum Gasteiger partial charge on any atom is -0.493 e. The smallest absolute Gasteiger partial charge is 0.315 e. The predicted molar refractivity (Wildman–Crippen MR) is 91.7 cm³/mol. The zero-order valence-corrected chi connectivity index (χ0v) is 14.6. The summed E-state index contributed by atoms with van der Waals surface area (Å²) < 4.78 is 10.5. The molecular weight excluding hydrogens is 310 g/mol. The van der Waals surface area contributed by atoms with Gasteiger partial charge in [0.15, 0.2) is 11.5 Å². The Labute approximate surface area is 142 Å². The number of carbonyl (C=O) groups excluding carboxylic acids is 2. The van der Waals surface area contributed by atoms with Gasteiger partial charge in [-0.25, -0.2) is 4.79 Å². The number of urea groups is 1. The molecule has 1 fully saturated rings. The Morgan fingerprint density at radius 3 is 2.62 bits per heavy atom. The number of nitrogens with zero attached hydrogens (tertiary/aromatic N) is 1. The standard InChI is InChI=1S/C17H25N3O4/c1-11(2)9-18-17(22)19-12-7-16(21)20(10-12)13-5-6-14(23-3)15(8-13)24-4/h5-6,8,11-12H,7,9-10H2,1-4H3,(H2,18,19,22)/t12-/m1/s1. The average molecular weight is 335 g/mol. The van der Waals surface area contributed by atoms with Gasteiger partial charge in [0.1, 0.15) is 0 Å². The summed E-state index contributed by atoms with van der Waals surface area (Å²) in [5, 5.41) is 5.64. The molecule has 7 heteroatoms. The molecule has 1 atom stereocenters. The Morgan fingerprint density at radius 2 is 2.00 bits per heavy atom. The third-order valence-corrected chi connectivity index (χ3v) is 3.81. The summed E-state index contributed by atoms with van der Waals surface area (Å²) in [6.45, 7) is 5.09. The van der Waals surface area contributed by atoms with E-state index in [1.165, 1.54) is 0 Å². The first-order valence-electron chi connectivity index (χ1n) is 8.01. The van der Waals surface area contributed by atoms with E-state index in [9.17, 15) is 9.59 Å². The maximum absolute atomic E-state index is 12.3. The lowest BCUT2D eigenvalue weighted by Gasteiger charge is -2.19. The number of benzene rings is 1. The lowest BCUT2D eigenvalue weighted by atomic mass is 10.2. The second-order valence-corrected chi connectivity index (χ2v) is 6.19. The van der Waals surface area contributed by atoms with Crippen molar-refractivity contribution in [2.45, 2.75) is 26.3 Å². The maximum atomic E-state index is 12.3. The van der Waals surface area contributed by atoms with Gasteiger partial charge in [-0.2, -0.15) is 0 Å². The zero-order chi connectivity index (χ0) is 17.7. The molecule has 0 spiro atoms. The highest BCUT2D eigenvalue weighted by Crippen LogP contribution is 2.33. The predicted octanol–water partition coefficient (Wildman–Crippen LogP) is 1.76. The van der Waals surface area contributed by atoms with Gasteiger partial charge in [-0.1, -0.05) is 13.8 Å². The molecular formula is C17H25N3O4. The molecule has 0 saturated carbocycles. The third kappa shape index (κ3) is 4.31. The summed E-state index contributed by atoms with van der Waals surface area (Å²) >= 11 is 0. The van der Waals surface area contributed by atoms with Crippen LogP contribution in [-0.2, 0) is 4.79 Å². The average Bonchev–Trinajstić information content (AvgIpc) is 2.92. The first kappa shape index (κ1) is 17.9. The van der Waals surface area contributed by atoms with Crippen LogP contribution in [-0.4, -0.2) is 45.3 Å². The molecule has 0 unspecified atom stereocenters. The molecule has 132 valence electrons. The van der Waals surface area contributed by atoms with Crippen molar-refractivity contribution in [2.75, 3.05) is 32.2 Å². The number of rotatable bonds is 6. The molecule has 0 aliphatic carbocycles. The second kappa shape index (κ2) is 7.90. The number of hydrogen-bond donors (Lipinski definition) is 2. The summed E-state index contributed by atoms with van der Waals surface area (Å²) in [7, 11) is 3.12. The van der Waals surface area contributed by atoms with Gasteiger partial charge >= 0.3 is 6.03 Å². The van der Waals surface area contributed by atoms with Crippen LogP contribution >= 0.6 is 0 Å². The number of carbonyl (C=O) groups is 2. The van der Waals surface area contributed by atoms with E-state index in [-0.39, 0.29) is 24.4 Å². The Bertz CT molecular complexity index is 603. The highest BCUT2D eigenvalue weighted by atomic mass is 16.5. The first-order valence-corrected chi connectivity index (χ1v) is 8.01. The van der Waals surface area contributed by atoms with Crippen LogP contribution in [0, 0.1) is 5.92 Å². The SMILES string of the molecule is COc1ccc(N2C[C@H](NC(=O)NCC(C)C)CC2=O)cc1OC. The number of ether oxygens (including phenoxy) is 2. The fraction of sp³-hybridized carbons (Fsp3) is 0.529. The van der Waals surface area contributed by atoms with E-state index in [2.05, 4.69) is 10.6 Å². The van der Waals surface area contributed by atoms with E-state index >= 15 is 0 Å². The first-order chi connectivity index (χ1) is 11.4. The van der Waals surface area contributed by atoms with Gasteiger partial charge in [0.25, 0.3) is 0 Å². The fourth-order valence-corrected chi connectivity index (χ4v) is 2.58. The minimum atomic E-state index is -0.240. The minimum absolute atomic E-state index is 0.0311. The van der Waals surface area contributed by atoms with Gasteiger partial charge in [0.2, 0.25) is 5.91 Å². The normalized spacial score (nSPS) is 17.1. The van der Waals surface area contributed by atoms with E-state index in [1.54, 1.807) is 37.3 Å². The Hall–Kier alpha value is -2.44. The molecule has 2 rings (SSSR count). The van der Waals surface area contributed by atoms with E-state index < -0.39 is 0 Å². The van der Waals surface area contributed by atoms with Gasteiger partial charge in [0, 0.05) is 31.3 Å². The molecule has 7 nitrogen and oxygen atoms in total. The van der Waals surface area contributed by atoms with Crippen LogP contribution in [0.15, 0.2) is 18.2 Å². The van der Waals surface area contributed by atoms with Gasteiger partial charge in [-0.3, -0.25) is 4.79 Å². The summed E-state index contributed by atoms with van der Waals surface area (Å²) in [6, 6.07) is 4.88. The number of anilines is 1. The quantitative estimate of drug-likeness (QED) is 0.830. The molecule has 1 aliphatic heterocycles. The van der Waals surface area contributed by atoms with E-state index in [1.807, 2.05) is 13.8 Å². The molecule has 1 aromatic rings. The van der Waals surface area contributed by atoms with Crippen LogP contribution < -0.4 is 25.0 Å². The molecule has 0 bridgehead atoms. The van der Waals surface area contributed by atoms with Crippen LogP contribution in [0.4, 0.5) is 10.5 Å². The highest BCUT2D eigenvalue weighted by Gasteiger charge is 2.32. The highest BCUT2D eigenvalue weighted by molar-refractivity contribution is 5.97.